The molecule has 1 amide bonds. The van der Waals surface area contributed by atoms with Crippen molar-refractivity contribution in [3.8, 4) is 0 Å². The Kier molecular flexibility index (Phi) is 7.30. The van der Waals surface area contributed by atoms with Gasteiger partial charge in [-0.3, -0.25) is 4.79 Å². The molecule has 1 atom stereocenters. The largest absolute Gasteiger partial charge is 0.425 e. The van der Waals surface area contributed by atoms with Gasteiger partial charge >= 0.3 is 6.18 Å². The van der Waals surface area contributed by atoms with E-state index in [2.05, 4.69) is 25.1 Å². The molecule has 3 rings (SSSR count). The second-order valence-electron chi connectivity index (χ2n) is 7.76. The first-order valence-electron chi connectivity index (χ1n) is 10.2. The number of imidazole rings is 1. The van der Waals surface area contributed by atoms with Crippen LogP contribution < -0.4 is 5.32 Å². The number of halogens is 3. The number of alkyl halides is 3. The number of nitrogens with zero attached hydrogens (tertiary/aromatic N) is 5. The number of carbonyl (C=O) groups is 1. The lowest BCUT2D eigenvalue weighted by molar-refractivity contribution is -0.271. The molecule has 1 aliphatic rings. The van der Waals surface area contributed by atoms with Crippen LogP contribution in [0.15, 0.2) is 17.6 Å². The van der Waals surface area contributed by atoms with Gasteiger partial charge in [0.05, 0.1) is 6.42 Å². The third kappa shape index (κ3) is 5.05. The van der Waals surface area contributed by atoms with Crippen molar-refractivity contribution in [2.45, 2.75) is 67.9 Å². The van der Waals surface area contributed by atoms with Gasteiger partial charge in [0.1, 0.15) is 5.82 Å². The third-order valence-electron chi connectivity index (χ3n) is 5.58. The molecule has 8 nitrogen and oxygen atoms in total. The van der Waals surface area contributed by atoms with Gasteiger partial charge in [0.25, 0.3) is 0 Å². The summed E-state index contributed by atoms with van der Waals surface area (Å²) in [7, 11) is 1.33. The van der Waals surface area contributed by atoms with Crippen LogP contribution in [0.4, 0.5) is 13.2 Å². The molecule has 0 bridgehead atoms. The standard InChI is InChI=1S/C19H27F3N6O2S/c1-27-11-10-24-16(27)18(30,19(20,21)22)12-15(29)23-9-5-8-14-25-26-17(31-2)28(14)13-6-3-4-7-13/h10-11,13,30H,3-9,12H2,1-2H3,(H,23,29). The molecular weight excluding hydrogens is 433 g/mol. The molecule has 172 valence electrons. The zero-order valence-corrected chi connectivity index (χ0v) is 18.3. The van der Waals surface area contributed by atoms with Crippen molar-refractivity contribution in [3.05, 3.63) is 24.0 Å². The SMILES string of the molecule is CSc1nnc(CCCNC(=O)CC(O)(c2nccn2C)C(F)(F)F)n1C1CCCC1. The van der Waals surface area contributed by atoms with E-state index in [-0.39, 0.29) is 6.54 Å². The lowest BCUT2D eigenvalue weighted by Crippen LogP contribution is -2.48. The van der Waals surface area contributed by atoms with Crippen molar-refractivity contribution < 1.29 is 23.1 Å². The Balaban J connectivity index is 1.57. The monoisotopic (exact) mass is 460 g/mol. The quantitative estimate of drug-likeness (QED) is 0.441. The smallest absolute Gasteiger partial charge is 0.374 e. The number of hydrogen-bond acceptors (Lipinski definition) is 6. The summed E-state index contributed by atoms with van der Waals surface area (Å²) in [5, 5.41) is 22.1. The average molecular weight is 461 g/mol. The fourth-order valence-corrected chi connectivity index (χ4v) is 4.56. The molecule has 2 heterocycles. The third-order valence-corrected chi connectivity index (χ3v) is 6.23. The molecule has 1 saturated carbocycles. The molecule has 2 aromatic rings. The number of hydrogen-bond donors (Lipinski definition) is 2. The molecule has 2 N–H and O–H groups in total. The molecule has 12 heteroatoms. The average Bonchev–Trinajstić information content (AvgIpc) is 3.44. The highest BCUT2D eigenvalue weighted by Gasteiger charge is 2.58. The highest BCUT2D eigenvalue weighted by atomic mass is 32.2. The first-order chi connectivity index (χ1) is 14.7. The minimum absolute atomic E-state index is 0.166. The molecule has 31 heavy (non-hydrogen) atoms. The van der Waals surface area contributed by atoms with Crippen molar-refractivity contribution in [2.75, 3.05) is 12.8 Å². The number of carbonyl (C=O) groups excluding carboxylic acids is 1. The summed E-state index contributed by atoms with van der Waals surface area (Å²) < 4.78 is 43.8. The predicted octanol–water partition coefficient (Wildman–Crippen LogP) is 2.74. The van der Waals surface area contributed by atoms with E-state index < -0.39 is 29.9 Å². The molecule has 0 spiro atoms. The Bertz CT molecular complexity index is 894. The van der Waals surface area contributed by atoms with Gasteiger partial charge in [0.15, 0.2) is 11.0 Å². The van der Waals surface area contributed by atoms with Gasteiger partial charge in [0.2, 0.25) is 11.5 Å². The summed E-state index contributed by atoms with van der Waals surface area (Å²) in [4.78, 5) is 15.8. The summed E-state index contributed by atoms with van der Waals surface area (Å²) in [6, 6.07) is 0.376. The maximum atomic E-state index is 13.5. The minimum Gasteiger partial charge on any atom is -0.374 e. The van der Waals surface area contributed by atoms with Crippen LogP contribution in [0.5, 0.6) is 0 Å². The minimum atomic E-state index is -5.05. The predicted molar refractivity (Wildman–Crippen MR) is 108 cm³/mol. The first kappa shape index (κ1) is 23.6. The molecule has 0 saturated heterocycles. The zero-order chi connectivity index (χ0) is 22.6. The van der Waals surface area contributed by atoms with Gasteiger partial charge in [-0.2, -0.15) is 13.2 Å². The number of rotatable bonds is 9. The van der Waals surface area contributed by atoms with Gasteiger partial charge in [-0.25, -0.2) is 4.98 Å². The van der Waals surface area contributed by atoms with Crippen LogP contribution >= 0.6 is 11.8 Å². The molecule has 0 aromatic carbocycles. The highest BCUT2D eigenvalue weighted by Crippen LogP contribution is 2.40. The Morgan fingerprint density at radius 3 is 2.61 bits per heavy atom. The number of aliphatic hydroxyl groups is 1. The van der Waals surface area contributed by atoms with Crippen LogP contribution in [0.3, 0.4) is 0 Å². The van der Waals surface area contributed by atoms with E-state index in [1.54, 1.807) is 0 Å². The number of aromatic nitrogens is 5. The molecule has 1 unspecified atom stereocenters. The van der Waals surface area contributed by atoms with Crippen LogP contribution in [0.2, 0.25) is 0 Å². The molecule has 0 aliphatic heterocycles. The van der Waals surface area contributed by atoms with E-state index in [4.69, 9.17) is 0 Å². The summed E-state index contributed by atoms with van der Waals surface area (Å²) >= 11 is 1.53. The maximum Gasteiger partial charge on any atom is 0.425 e. The van der Waals surface area contributed by atoms with Crippen LogP contribution in [-0.2, 0) is 23.9 Å². The summed E-state index contributed by atoms with van der Waals surface area (Å²) in [6.07, 6.45) is 3.73. The lowest BCUT2D eigenvalue weighted by Gasteiger charge is -2.29. The van der Waals surface area contributed by atoms with Crippen LogP contribution in [0.25, 0.3) is 0 Å². The van der Waals surface area contributed by atoms with Crippen molar-refractivity contribution in [1.82, 2.24) is 29.6 Å². The second-order valence-corrected chi connectivity index (χ2v) is 8.53. The van der Waals surface area contributed by atoms with E-state index in [1.165, 1.54) is 37.8 Å². The fourth-order valence-electron chi connectivity index (χ4n) is 3.99. The van der Waals surface area contributed by atoms with Gasteiger partial charge in [-0.15, -0.1) is 10.2 Å². The van der Waals surface area contributed by atoms with E-state index in [9.17, 15) is 23.1 Å². The van der Waals surface area contributed by atoms with Gasteiger partial charge in [-0.05, 0) is 25.5 Å². The Labute approximate surface area is 182 Å². The summed E-state index contributed by atoms with van der Waals surface area (Å²) in [5.74, 6) is -0.695. The van der Waals surface area contributed by atoms with Crippen molar-refractivity contribution >= 4 is 17.7 Å². The lowest BCUT2D eigenvalue weighted by atomic mass is 9.97. The van der Waals surface area contributed by atoms with Crippen LogP contribution in [-0.4, -0.2) is 54.3 Å². The number of amides is 1. The number of thioether (sulfide) groups is 1. The Morgan fingerprint density at radius 2 is 2.03 bits per heavy atom. The van der Waals surface area contributed by atoms with Gasteiger partial charge < -0.3 is 19.6 Å². The molecule has 1 aliphatic carbocycles. The Hall–Kier alpha value is -2.08. The summed E-state index contributed by atoms with van der Waals surface area (Å²) in [5.41, 5.74) is -3.36. The van der Waals surface area contributed by atoms with E-state index in [0.29, 0.717) is 18.9 Å². The zero-order valence-electron chi connectivity index (χ0n) is 17.5. The van der Waals surface area contributed by atoms with E-state index in [1.807, 2.05) is 6.26 Å². The molecule has 2 aromatic heterocycles. The number of aryl methyl sites for hydroxylation is 2. The van der Waals surface area contributed by atoms with Crippen LogP contribution in [0, 0.1) is 0 Å². The van der Waals surface area contributed by atoms with Crippen molar-refractivity contribution in [1.29, 1.82) is 0 Å². The molecule has 0 radical (unpaired) electrons. The number of nitrogens with one attached hydrogen (secondary N) is 1. The molecule has 1 fully saturated rings. The maximum absolute atomic E-state index is 13.5. The molecular formula is C19H27F3N6O2S. The highest BCUT2D eigenvalue weighted by molar-refractivity contribution is 7.98. The summed E-state index contributed by atoms with van der Waals surface area (Å²) in [6.45, 7) is 0.166. The fraction of sp³-hybridized carbons (Fsp3) is 0.684. The van der Waals surface area contributed by atoms with E-state index in [0.717, 1.165) is 34.6 Å². The van der Waals surface area contributed by atoms with Gasteiger partial charge in [-0.1, -0.05) is 24.6 Å². The van der Waals surface area contributed by atoms with Crippen LogP contribution in [0.1, 0.15) is 56.2 Å². The topological polar surface area (TPSA) is 97.9 Å². The van der Waals surface area contributed by atoms with E-state index >= 15 is 0 Å². The second kappa shape index (κ2) is 9.60. The normalized spacial score (nSPS) is 17.1. The first-order valence-corrected chi connectivity index (χ1v) is 11.4. The Morgan fingerprint density at radius 1 is 1.32 bits per heavy atom. The van der Waals surface area contributed by atoms with Crippen molar-refractivity contribution in [3.63, 3.8) is 0 Å². The van der Waals surface area contributed by atoms with Gasteiger partial charge in [0, 0.05) is 38.4 Å². The van der Waals surface area contributed by atoms with Crippen molar-refractivity contribution in [2.24, 2.45) is 7.05 Å².